The molecule has 1 heterocycles. The maximum atomic E-state index is 13.0. The standard InChI is InChI=1S/C25H33N3O3/c1-19(2)28-15-13-22(14-16-28)26-24(29)23(17-20-9-5-3-6-10-20)27-25(30)31-18-21-11-7-4-8-12-21/h3-12,19,22-23H,13-18H2,1-2H3,(H,26,29)(H,27,30). The molecule has 0 spiro atoms. The molecule has 0 aliphatic carbocycles. The van der Waals surface area contributed by atoms with Crippen molar-refractivity contribution in [1.82, 2.24) is 15.5 Å². The van der Waals surface area contributed by atoms with Gasteiger partial charge in [-0.15, -0.1) is 0 Å². The smallest absolute Gasteiger partial charge is 0.408 e. The van der Waals surface area contributed by atoms with Gasteiger partial charge in [-0.2, -0.15) is 0 Å². The second-order valence-corrected chi connectivity index (χ2v) is 8.36. The Bertz CT molecular complexity index is 818. The average Bonchev–Trinajstić information content (AvgIpc) is 2.79. The highest BCUT2D eigenvalue weighted by Gasteiger charge is 2.27. The Balaban J connectivity index is 1.57. The minimum absolute atomic E-state index is 0.128. The topological polar surface area (TPSA) is 70.7 Å². The van der Waals surface area contributed by atoms with Crippen LogP contribution in [0.2, 0.25) is 0 Å². The van der Waals surface area contributed by atoms with Gasteiger partial charge in [0.2, 0.25) is 5.91 Å². The number of rotatable bonds is 8. The van der Waals surface area contributed by atoms with Crippen molar-refractivity contribution in [2.24, 2.45) is 0 Å². The van der Waals surface area contributed by atoms with Gasteiger partial charge < -0.3 is 20.3 Å². The van der Waals surface area contributed by atoms with Gasteiger partial charge in [0.25, 0.3) is 0 Å². The summed E-state index contributed by atoms with van der Waals surface area (Å²) in [4.78, 5) is 27.9. The van der Waals surface area contributed by atoms with Gasteiger partial charge in [-0.05, 0) is 37.8 Å². The van der Waals surface area contributed by atoms with Gasteiger partial charge in [-0.25, -0.2) is 4.79 Å². The molecule has 1 saturated heterocycles. The fraction of sp³-hybridized carbons (Fsp3) is 0.440. The number of nitrogens with one attached hydrogen (secondary N) is 2. The first-order chi connectivity index (χ1) is 15.0. The van der Waals surface area contributed by atoms with Crippen LogP contribution in [-0.2, 0) is 22.6 Å². The predicted octanol–water partition coefficient (Wildman–Crippen LogP) is 3.51. The lowest BCUT2D eigenvalue weighted by Gasteiger charge is -2.35. The molecular weight excluding hydrogens is 390 g/mol. The van der Waals surface area contributed by atoms with E-state index in [-0.39, 0.29) is 18.6 Å². The summed E-state index contributed by atoms with van der Waals surface area (Å²) >= 11 is 0. The number of ether oxygens (including phenoxy) is 1. The molecule has 0 bridgehead atoms. The van der Waals surface area contributed by atoms with Crippen molar-refractivity contribution >= 4 is 12.0 Å². The molecular formula is C25H33N3O3. The Morgan fingerprint density at radius 2 is 1.55 bits per heavy atom. The van der Waals surface area contributed by atoms with Crippen LogP contribution in [0.1, 0.15) is 37.8 Å². The summed E-state index contributed by atoms with van der Waals surface area (Å²) in [5.74, 6) is -0.163. The van der Waals surface area contributed by atoms with E-state index in [0.717, 1.165) is 37.1 Å². The van der Waals surface area contributed by atoms with E-state index in [9.17, 15) is 9.59 Å². The molecule has 1 aliphatic rings. The van der Waals surface area contributed by atoms with Gasteiger partial charge in [-0.1, -0.05) is 60.7 Å². The van der Waals surface area contributed by atoms with E-state index in [4.69, 9.17) is 4.74 Å². The largest absolute Gasteiger partial charge is 0.445 e. The van der Waals surface area contributed by atoms with Gasteiger partial charge in [0, 0.05) is 31.6 Å². The van der Waals surface area contributed by atoms with Crippen molar-refractivity contribution in [2.45, 2.75) is 57.8 Å². The Morgan fingerprint density at radius 1 is 0.968 bits per heavy atom. The second kappa shape index (κ2) is 11.5. The van der Waals surface area contributed by atoms with Crippen LogP contribution in [0.4, 0.5) is 4.79 Å². The molecule has 1 fully saturated rings. The van der Waals surface area contributed by atoms with E-state index in [1.165, 1.54) is 0 Å². The molecule has 166 valence electrons. The molecule has 1 unspecified atom stereocenters. The molecule has 0 radical (unpaired) electrons. The molecule has 1 atom stereocenters. The number of likely N-dealkylation sites (tertiary alicyclic amines) is 1. The molecule has 6 heteroatoms. The van der Waals surface area contributed by atoms with E-state index < -0.39 is 12.1 Å². The lowest BCUT2D eigenvalue weighted by molar-refractivity contribution is -0.124. The summed E-state index contributed by atoms with van der Waals surface area (Å²) < 4.78 is 5.34. The summed E-state index contributed by atoms with van der Waals surface area (Å²) in [6.07, 6.45) is 1.66. The van der Waals surface area contributed by atoms with Gasteiger partial charge in [0.05, 0.1) is 0 Å². The highest BCUT2D eigenvalue weighted by atomic mass is 16.5. The van der Waals surface area contributed by atoms with Crippen LogP contribution >= 0.6 is 0 Å². The quantitative estimate of drug-likeness (QED) is 0.682. The fourth-order valence-corrected chi connectivity index (χ4v) is 3.83. The van der Waals surface area contributed by atoms with Crippen LogP contribution in [0.5, 0.6) is 0 Å². The average molecular weight is 424 g/mol. The highest BCUT2D eigenvalue weighted by molar-refractivity contribution is 5.86. The lowest BCUT2D eigenvalue weighted by atomic mass is 10.0. The fourth-order valence-electron chi connectivity index (χ4n) is 3.83. The predicted molar refractivity (Wildman–Crippen MR) is 122 cm³/mol. The van der Waals surface area contributed by atoms with Gasteiger partial charge in [0.15, 0.2) is 0 Å². The first kappa shape index (κ1) is 22.8. The van der Waals surface area contributed by atoms with E-state index >= 15 is 0 Å². The third-order valence-electron chi connectivity index (χ3n) is 5.71. The molecule has 2 N–H and O–H groups in total. The Kier molecular flexibility index (Phi) is 8.47. The normalized spacial score (nSPS) is 16.0. The van der Waals surface area contributed by atoms with Crippen molar-refractivity contribution in [3.63, 3.8) is 0 Å². The number of hydrogen-bond acceptors (Lipinski definition) is 4. The van der Waals surface area contributed by atoms with Crippen molar-refractivity contribution < 1.29 is 14.3 Å². The molecule has 2 aromatic carbocycles. The van der Waals surface area contributed by atoms with E-state index in [1.54, 1.807) is 0 Å². The summed E-state index contributed by atoms with van der Waals surface area (Å²) in [5.41, 5.74) is 1.89. The van der Waals surface area contributed by atoms with E-state index in [0.29, 0.717) is 12.5 Å². The second-order valence-electron chi connectivity index (χ2n) is 8.36. The molecule has 3 rings (SSSR count). The van der Waals surface area contributed by atoms with Crippen LogP contribution in [0.25, 0.3) is 0 Å². The molecule has 2 aromatic rings. The SMILES string of the molecule is CC(C)N1CCC(NC(=O)C(Cc2ccccc2)NC(=O)OCc2ccccc2)CC1. The molecule has 31 heavy (non-hydrogen) atoms. The summed E-state index contributed by atoms with van der Waals surface area (Å²) in [5, 5.41) is 5.91. The van der Waals surface area contributed by atoms with Crippen molar-refractivity contribution in [2.75, 3.05) is 13.1 Å². The van der Waals surface area contributed by atoms with E-state index in [1.807, 2.05) is 60.7 Å². The maximum absolute atomic E-state index is 13.0. The zero-order valence-corrected chi connectivity index (χ0v) is 18.4. The van der Waals surface area contributed by atoms with Crippen LogP contribution in [0, 0.1) is 0 Å². The molecule has 2 amide bonds. The molecule has 1 aliphatic heterocycles. The minimum Gasteiger partial charge on any atom is -0.445 e. The van der Waals surface area contributed by atoms with Gasteiger partial charge in [0.1, 0.15) is 12.6 Å². The zero-order chi connectivity index (χ0) is 22.1. The Hall–Kier alpha value is -2.86. The first-order valence-electron chi connectivity index (χ1n) is 11.1. The number of amides is 2. The summed E-state index contributed by atoms with van der Waals surface area (Å²) in [6, 6.07) is 19.2. The molecule has 0 saturated carbocycles. The van der Waals surface area contributed by atoms with Crippen molar-refractivity contribution in [1.29, 1.82) is 0 Å². The number of piperidine rings is 1. The highest BCUT2D eigenvalue weighted by Crippen LogP contribution is 2.14. The van der Waals surface area contributed by atoms with Crippen molar-refractivity contribution in [3.8, 4) is 0 Å². The first-order valence-corrected chi connectivity index (χ1v) is 11.1. The van der Waals surface area contributed by atoms with Crippen LogP contribution in [-0.4, -0.2) is 48.1 Å². The zero-order valence-electron chi connectivity index (χ0n) is 18.4. The monoisotopic (exact) mass is 423 g/mol. The number of carbonyl (C=O) groups excluding carboxylic acids is 2. The third-order valence-corrected chi connectivity index (χ3v) is 5.71. The minimum atomic E-state index is -0.686. The number of nitrogens with zero attached hydrogens (tertiary/aromatic N) is 1. The van der Waals surface area contributed by atoms with Gasteiger partial charge in [-0.3, -0.25) is 4.79 Å². The molecule has 0 aromatic heterocycles. The summed E-state index contributed by atoms with van der Waals surface area (Å²) in [7, 11) is 0. The number of alkyl carbamates (subject to hydrolysis) is 1. The number of carbonyl (C=O) groups is 2. The van der Waals surface area contributed by atoms with Crippen LogP contribution in [0.3, 0.4) is 0 Å². The van der Waals surface area contributed by atoms with Gasteiger partial charge >= 0.3 is 6.09 Å². The van der Waals surface area contributed by atoms with Crippen LogP contribution in [0.15, 0.2) is 60.7 Å². The van der Waals surface area contributed by atoms with Crippen LogP contribution < -0.4 is 10.6 Å². The number of hydrogen-bond donors (Lipinski definition) is 2. The Morgan fingerprint density at radius 3 is 2.13 bits per heavy atom. The maximum Gasteiger partial charge on any atom is 0.408 e. The van der Waals surface area contributed by atoms with Crippen molar-refractivity contribution in [3.05, 3.63) is 71.8 Å². The number of benzene rings is 2. The van der Waals surface area contributed by atoms with E-state index in [2.05, 4.69) is 29.4 Å². The molecule has 6 nitrogen and oxygen atoms in total. The lowest BCUT2D eigenvalue weighted by Crippen LogP contribution is -2.53. The third kappa shape index (κ3) is 7.40. The Labute approximate surface area is 185 Å². The summed E-state index contributed by atoms with van der Waals surface area (Å²) in [6.45, 7) is 6.50.